The maximum absolute atomic E-state index is 9.76. The van der Waals surface area contributed by atoms with E-state index in [2.05, 4.69) is 57.4 Å². The third-order valence-electron chi connectivity index (χ3n) is 4.42. The lowest BCUT2D eigenvalue weighted by Gasteiger charge is -2.14. The molecule has 1 N–H and O–H groups in total. The van der Waals surface area contributed by atoms with Crippen LogP contribution >= 0.6 is 0 Å². The standard InChI is InChI=1S/C21H25N5Si/c1-27(2,3)14-12-17-9-6-10-19(24-17)18(15-22)20-11-13-23-21(26-20)25-16-7-4-5-8-16/h6,9-11,13,16,18H,4-5,7-8H2,1-3H3,(H,23,25,26). The Balaban J connectivity index is 1.84. The average Bonchev–Trinajstić information content (AvgIpc) is 3.14. The summed E-state index contributed by atoms with van der Waals surface area (Å²) in [5.74, 6) is 3.22. The normalized spacial score (nSPS) is 15.5. The van der Waals surface area contributed by atoms with Gasteiger partial charge >= 0.3 is 0 Å². The summed E-state index contributed by atoms with van der Waals surface area (Å²) in [6.07, 6.45) is 6.49. The molecular weight excluding hydrogens is 350 g/mol. The smallest absolute Gasteiger partial charge is 0.223 e. The van der Waals surface area contributed by atoms with Gasteiger partial charge in [-0.25, -0.2) is 15.0 Å². The SMILES string of the molecule is C[Si](C)(C)C#Cc1cccc(C(C#N)c2ccnc(NC3CCCC3)n2)n1. The van der Waals surface area contributed by atoms with Crippen molar-refractivity contribution in [2.45, 2.75) is 57.3 Å². The predicted octanol–water partition coefficient (Wildman–Crippen LogP) is 4.11. The van der Waals surface area contributed by atoms with Gasteiger partial charge < -0.3 is 5.32 Å². The minimum absolute atomic E-state index is 0.430. The first-order valence-corrected chi connectivity index (χ1v) is 12.9. The van der Waals surface area contributed by atoms with Crippen LogP contribution < -0.4 is 5.32 Å². The van der Waals surface area contributed by atoms with Crippen LogP contribution in [0.3, 0.4) is 0 Å². The van der Waals surface area contributed by atoms with Gasteiger partial charge in [0.2, 0.25) is 5.95 Å². The summed E-state index contributed by atoms with van der Waals surface area (Å²) in [5, 5.41) is 13.1. The molecule has 27 heavy (non-hydrogen) atoms. The Kier molecular flexibility index (Phi) is 5.88. The monoisotopic (exact) mass is 375 g/mol. The number of anilines is 1. The highest BCUT2D eigenvalue weighted by atomic mass is 28.3. The molecule has 1 fully saturated rings. The Morgan fingerprint density at radius 1 is 1.11 bits per heavy atom. The number of nitriles is 1. The molecule has 1 aliphatic rings. The van der Waals surface area contributed by atoms with E-state index in [-0.39, 0.29) is 0 Å². The second kappa shape index (κ2) is 8.33. The topological polar surface area (TPSA) is 74.5 Å². The van der Waals surface area contributed by atoms with Crippen LogP contribution in [0.1, 0.15) is 48.7 Å². The summed E-state index contributed by atoms with van der Waals surface area (Å²) >= 11 is 0. The zero-order chi connectivity index (χ0) is 19.3. The van der Waals surface area contributed by atoms with Crippen molar-refractivity contribution in [2.75, 3.05) is 5.32 Å². The Hall–Kier alpha value is -2.70. The largest absolute Gasteiger partial charge is 0.351 e. The van der Waals surface area contributed by atoms with Crippen molar-refractivity contribution < 1.29 is 0 Å². The minimum atomic E-state index is -1.48. The molecule has 0 amide bonds. The second-order valence-corrected chi connectivity index (χ2v) is 12.7. The zero-order valence-corrected chi connectivity index (χ0v) is 17.2. The quantitative estimate of drug-likeness (QED) is 0.643. The number of rotatable bonds is 4. The fraction of sp³-hybridized carbons (Fsp3) is 0.429. The summed E-state index contributed by atoms with van der Waals surface area (Å²) in [5.41, 5.74) is 5.36. The van der Waals surface area contributed by atoms with E-state index in [0.29, 0.717) is 29.1 Å². The van der Waals surface area contributed by atoms with Gasteiger partial charge in [-0.15, -0.1) is 5.54 Å². The fourth-order valence-electron chi connectivity index (χ4n) is 3.07. The van der Waals surface area contributed by atoms with E-state index in [1.165, 1.54) is 12.8 Å². The molecule has 2 heterocycles. The van der Waals surface area contributed by atoms with Crippen molar-refractivity contribution in [2.24, 2.45) is 0 Å². The van der Waals surface area contributed by atoms with Gasteiger partial charge in [0.05, 0.1) is 17.5 Å². The number of hydrogen-bond acceptors (Lipinski definition) is 5. The molecule has 0 saturated heterocycles. The lowest BCUT2D eigenvalue weighted by molar-refractivity contribution is 0.740. The van der Waals surface area contributed by atoms with E-state index in [9.17, 15) is 5.26 Å². The van der Waals surface area contributed by atoms with Gasteiger partial charge in [-0.05, 0) is 31.0 Å². The van der Waals surface area contributed by atoms with Crippen molar-refractivity contribution in [1.29, 1.82) is 5.26 Å². The molecule has 0 radical (unpaired) electrons. The molecule has 1 aliphatic carbocycles. The second-order valence-electron chi connectivity index (χ2n) is 7.94. The van der Waals surface area contributed by atoms with Crippen molar-refractivity contribution in [3.05, 3.63) is 47.5 Å². The van der Waals surface area contributed by atoms with Crippen molar-refractivity contribution in [1.82, 2.24) is 15.0 Å². The maximum Gasteiger partial charge on any atom is 0.223 e. The number of aromatic nitrogens is 3. The molecule has 1 saturated carbocycles. The van der Waals surface area contributed by atoms with Crippen LogP contribution in [-0.4, -0.2) is 29.1 Å². The van der Waals surface area contributed by atoms with E-state index >= 15 is 0 Å². The van der Waals surface area contributed by atoms with Crippen molar-refractivity contribution in [3.63, 3.8) is 0 Å². The number of hydrogen-bond donors (Lipinski definition) is 1. The first-order valence-electron chi connectivity index (χ1n) is 9.44. The molecule has 0 aliphatic heterocycles. The highest BCUT2D eigenvalue weighted by Gasteiger charge is 2.20. The lowest BCUT2D eigenvalue weighted by Crippen LogP contribution is -2.17. The minimum Gasteiger partial charge on any atom is -0.351 e. The molecular formula is C21H25N5Si. The third-order valence-corrected chi connectivity index (χ3v) is 5.30. The van der Waals surface area contributed by atoms with Gasteiger partial charge in [-0.2, -0.15) is 5.26 Å². The summed E-state index contributed by atoms with van der Waals surface area (Å²) in [6.45, 7) is 6.59. The van der Waals surface area contributed by atoms with Gasteiger partial charge in [-0.3, -0.25) is 0 Å². The summed E-state index contributed by atoms with van der Waals surface area (Å²) in [4.78, 5) is 13.5. The Bertz CT molecular complexity index is 895. The molecule has 5 nitrogen and oxygen atoms in total. The highest BCUT2D eigenvalue weighted by molar-refractivity contribution is 6.83. The van der Waals surface area contributed by atoms with Gasteiger partial charge in [0, 0.05) is 12.2 Å². The van der Waals surface area contributed by atoms with Crippen LogP contribution in [0.4, 0.5) is 5.95 Å². The van der Waals surface area contributed by atoms with Crippen molar-refractivity contribution in [3.8, 4) is 17.5 Å². The van der Waals surface area contributed by atoms with E-state index in [0.717, 1.165) is 12.8 Å². The number of nitrogens with zero attached hydrogens (tertiary/aromatic N) is 4. The van der Waals surface area contributed by atoms with Gasteiger partial charge in [0.25, 0.3) is 0 Å². The summed E-state index contributed by atoms with van der Waals surface area (Å²) in [7, 11) is -1.48. The third kappa shape index (κ3) is 5.38. The van der Waals surface area contributed by atoms with Gasteiger partial charge in [0.15, 0.2) is 0 Å². The van der Waals surface area contributed by atoms with Crippen LogP contribution in [0.2, 0.25) is 19.6 Å². The molecule has 0 spiro atoms. The van der Waals surface area contributed by atoms with Gasteiger partial charge in [0.1, 0.15) is 19.7 Å². The van der Waals surface area contributed by atoms with Gasteiger partial charge in [-0.1, -0.05) is 44.5 Å². The number of pyridine rings is 1. The highest BCUT2D eigenvalue weighted by Crippen LogP contribution is 2.24. The molecule has 3 rings (SSSR count). The Labute approximate surface area is 162 Å². The molecule has 1 unspecified atom stereocenters. The van der Waals surface area contributed by atoms with Crippen LogP contribution in [0, 0.1) is 22.8 Å². The Morgan fingerprint density at radius 2 is 1.85 bits per heavy atom. The van der Waals surface area contributed by atoms with E-state index in [1.54, 1.807) is 12.3 Å². The lowest BCUT2D eigenvalue weighted by atomic mass is 10.0. The van der Waals surface area contributed by atoms with E-state index in [1.807, 2.05) is 18.2 Å². The first kappa shape index (κ1) is 19.1. The van der Waals surface area contributed by atoms with Crippen molar-refractivity contribution >= 4 is 14.0 Å². The average molecular weight is 376 g/mol. The predicted molar refractivity (Wildman–Crippen MR) is 110 cm³/mol. The van der Waals surface area contributed by atoms with E-state index < -0.39 is 14.0 Å². The molecule has 6 heteroatoms. The Morgan fingerprint density at radius 3 is 2.56 bits per heavy atom. The number of nitrogens with one attached hydrogen (secondary N) is 1. The zero-order valence-electron chi connectivity index (χ0n) is 16.2. The van der Waals surface area contributed by atoms with Crippen LogP contribution in [0.15, 0.2) is 30.5 Å². The summed E-state index contributed by atoms with van der Waals surface area (Å²) in [6, 6.07) is 10.2. The van der Waals surface area contributed by atoms with E-state index in [4.69, 9.17) is 0 Å². The first-order chi connectivity index (χ1) is 12.9. The maximum atomic E-state index is 9.76. The fourth-order valence-corrected chi connectivity index (χ4v) is 3.58. The van der Waals surface area contributed by atoms with Crippen LogP contribution in [-0.2, 0) is 0 Å². The molecule has 2 aromatic rings. The molecule has 0 bridgehead atoms. The summed E-state index contributed by atoms with van der Waals surface area (Å²) < 4.78 is 0. The molecule has 2 aromatic heterocycles. The van der Waals surface area contributed by atoms with Crippen LogP contribution in [0.5, 0.6) is 0 Å². The van der Waals surface area contributed by atoms with Crippen LogP contribution in [0.25, 0.3) is 0 Å². The molecule has 0 aromatic carbocycles. The molecule has 138 valence electrons. The molecule has 1 atom stereocenters.